The van der Waals surface area contributed by atoms with Crippen molar-refractivity contribution in [2.24, 2.45) is 0 Å². The van der Waals surface area contributed by atoms with E-state index in [1.165, 1.54) is 4.90 Å². The number of hydrogen-bond donors (Lipinski definition) is 2. The Morgan fingerprint density at radius 3 is 1.88 bits per heavy atom. The molecule has 0 radical (unpaired) electrons. The van der Waals surface area contributed by atoms with Crippen LogP contribution in [-0.2, 0) is 0 Å². The first-order chi connectivity index (χ1) is 3.13. The van der Waals surface area contributed by atoms with Gasteiger partial charge in [0.2, 0.25) is 0 Å². The van der Waals surface area contributed by atoms with E-state index in [2.05, 4.69) is 0 Å². The van der Waals surface area contributed by atoms with Gasteiger partial charge in [0.15, 0.2) is 0 Å². The average molecular weight is 140 g/mol. The fourth-order valence-electron chi connectivity index (χ4n) is 0.591. The minimum Gasteiger partial charge on any atom is -1.00 e. The number of likely N-dealkylation sites (N-methyl/N-ethyl adjacent to an activating group) is 1. The van der Waals surface area contributed by atoms with Crippen LogP contribution in [-0.4, -0.2) is 31.9 Å². The lowest BCUT2D eigenvalue weighted by Gasteiger charge is -2.07. The van der Waals surface area contributed by atoms with Crippen LogP contribution < -0.4 is 17.3 Å². The summed E-state index contributed by atoms with van der Waals surface area (Å²) in [5.74, 6) is 0. The molecule has 52 valence electrons. The van der Waals surface area contributed by atoms with Crippen molar-refractivity contribution in [1.29, 1.82) is 0 Å². The normalized spacial score (nSPS) is 13.1. The van der Waals surface area contributed by atoms with Gasteiger partial charge in [-0.05, 0) is 6.92 Å². The van der Waals surface area contributed by atoms with Gasteiger partial charge in [0.25, 0.3) is 0 Å². The van der Waals surface area contributed by atoms with Gasteiger partial charge in [0, 0.05) is 0 Å². The van der Waals surface area contributed by atoms with Gasteiger partial charge in [-0.2, -0.15) is 0 Å². The van der Waals surface area contributed by atoms with Crippen molar-refractivity contribution in [3.8, 4) is 0 Å². The summed E-state index contributed by atoms with van der Waals surface area (Å²) in [5.41, 5.74) is 0. The van der Waals surface area contributed by atoms with E-state index in [4.69, 9.17) is 5.11 Å². The van der Waals surface area contributed by atoms with E-state index in [1.807, 2.05) is 14.1 Å². The van der Waals surface area contributed by atoms with Gasteiger partial charge >= 0.3 is 0 Å². The zero-order valence-electron chi connectivity index (χ0n) is 5.61. The predicted molar refractivity (Wildman–Crippen MR) is 29.4 cm³/mol. The highest BCUT2D eigenvalue weighted by atomic mass is 35.5. The van der Waals surface area contributed by atoms with E-state index < -0.39 is 0 Å². The highest BCUT2D eigenvalue weighted by molar-refractivity contribution is 4.35. The van der Waals surface area contributed by atoms with Crippen LogP contribution in [0.3, 0.4) is 0 Å². The van der Waals surface area contributed by atoms with E-state index >= 15 is 0 Å². The lowest BCUT2D eigenvalue weighted by atomic mass is 10.4. The molecule has 2 nitrogen and oxygen atoms in total. The highest BCUT2D eigenvalue weighted by Crippen LogP contribution is 1.66. The first-order valence-electron chi connectivity index (χ1n) is 2.60. The molecule has 0 amide bonds. The number of hydrogen-bond acceptors (Lipinski definition) is 1. The average Bonchev–Trinajstić information content (AvgIpc) is 1.27. The van der Waals surface area contributed by atoms with Crippen molar-refractivity contribution in [3.63, 3.8) is 0 Å². The van der Waals surface area contributed by atoms with Crippen LogP contribution in [0, 0.1) is 0 Å². The Bertz CT molecular complexity index is 41.7. The van der Waals surface area contributed by atoms with Gasteiger partial charge in [0.1, 0.15) is 12.6 Å². The van der Waals surface area contributed by atoms with Crippen LogP contribution in [0.2, 0.25) is 0 Å². The van der Waals surface area contributed by atoms with Crippen molar-refractivity contribution in [2.45, 2.75) is 13.0 Å². The number of quaternary nitrogens is 1. The number of aliphatic hydroxyl groups excluding tert-OH is 1. The highest BCUT2D eigenvalue weighted by Gasteiger charge is 1.97. The summed E-state index contributed by atoms with van der Waals surface area (Å²) in [4.78, 5) is 1.29. The summed E-state index contributed by atoms with van der Waals surface area (Å²) < 4.78 is 0. The van der Waals surface area contributed by atoms with Crippen molar-refractivity contribution >= 4 is 0 Å². The molecule has 1 atom stereocenters. The maximum Gasteiger partial charge on any atom is 0.103 e. The second-order valence-electron chi connectivity index (χ2n) is 2.26. The molecule has 0 saturated carbocycles. The largest absolute Gasteiger partial charge is 1.00 e. The molecule has 0 heterocycles. The van der Waals surface area contributed by atoms with Crippen LogP contribution in [0.4, 0.5) is 0 Å². The maximum absolute atomic E-state index is 8.70. The van der Waals surface area contributed by atoms with Crippen molar-refractivity contribution < 1.29 is 22.4 Å². The predicted octanol–water partition coefficient (Wildman–Crippen LogP) is -4.48. The Labute approximate surface area is 56.9 Å². The molecule has 0 saturated heterocycles. The fraction of sp³-hybridized carbons (Fsp3) is 1.00. The molecule has 0 aromatic heterocycles. The van der Waals surface area contributed by atoms with E-state index in [0.29, 0.717) is 0 Å². The molecule has 0 aliphatic rings. The second-order valence-corrected chi connectivity index (χ2v) is 2.26. The first-order valence-corrected chi connectivity index (χ1v) is 2.60. The number of halogens is 1. The van der Waals surface area contributed by atoms with Crippen molar-refractivity contribution in [2.75, 3.05) is 20.6 Å². The quantitative estimate of drug-likeness (QED) is 0.396. The third-order valence-electron chi connectivity index (χ3n) is 0.704. The second kappa shape index (κ2) is 5.35. The third-order valence-corrected chi connectivity index (χ3v) is 0.704. The fourth-order valence-corrected chi connectivity index (χ4v) is 0.591. The molecule has 2 N–H and O–H groups in total. The zero-order valence-corrected chi connectivity index (χ0v) is 6.37. The standard InChI is InChI=1S/C5H13NO.ClH/c1-5(7)4-6(2)3;/h5,7H,4H2,1-3H3;1H. The molecule has 0 aromatic carbocycles. The van der Waals surface area contributed by atoms with Crippen molar-refractivity contribution in [1.82, 2.24) is 0 Å². The maximum atomic E-state index is 8.70. The molecule has 1 unspecified atom stereocenters. The molecule has 0 aromatic rings. The van der Waals surface area contributed by atoms with Crippen LogP contribution in [0.15, 0.2) is 0 Å². The van der Waals surface area contributed by atoms with Gasteiger partial charge in [0.05, 0.1) is 14.1 Å². The Morgan fingerprint density at radius 1 is 1.50 bits per heavy atom. The number of nitrogens with one attached hydrogen (secondary N) is 1. The van der Waals surface area contributed by atoms with E-state index in [-0.39, 0.29) is 18.5 Å². The molecule has 0 fully saturated rings. The molecule has 0 aliphatic heterocycles. The summed E-state index contributed by atoms with van der Waals surface area (Å²) in [5, 5.41) is 8.70. The van der Waals surface area contributed by atoms with E-state index in [1.54, 1.807) is 6.92 Å². The number of rotatable bonds is 2. The van der Waals surface area contributed by atoms with Gasteiger partial charge in [-0.1, -0.05) is 0 Å². The Hall–Kier alpha value is 0.210. The Balaban J connectivity index is 0. The summed E-state index contributed by atoms with van der Waals surface area (Å²) in [7, 11) is 4.04. The van der Waals surface area contributed by atoms with Crippen LogP contribution in [0.1, 0.15) is 6.92 Å². The minimum absolute atomic E-state index is 0. The zero-order chi connectivity index (χ0) is 5.86. The van der Waals surface area contributed by atoms with Crippen LogP contribution >= 0.6 is 0 Å². The topological polar surface area (TPSA) is 24.7 Å². The molecular weight excluding hydrogens is 126 g/mol. The minimum atomic E-state index is -0.162. The Morgan fingerprint density at radius 2 is 1.88 bits per heavy atom. The van der Waals surface area contributed by atoms with Gasteiger partial charge in [-0.3, -0.25) is 0 Å². The Kier molecular flexibility index (Phi) is 7.40. The monoisotopic (exact) mass is 139 g/mol. The summed E-state index contributed by atoms with van der Waals surface area (Å²) in [6.07, 6.45) is -0.162. The van der Waals surface area contributed by atoms with Gasteiger partial charge < -0.3 is 22.4 Å². The molecular formula is C5H14ClNO. The third kappa shape index (κ3) is 9.51. The molecule has 0 bridgehead atoms. The van der Waals surface area contributed by atoms with E-state index in [0.717, 1.165) is 6.54 Å². The lowest BCUT2D eigenvalue weighted by Crippen LogP contribution is -3.06. The summed E-state index contributed by atoms with van der Waals surface area (Å²) in [6.45, 7) is 2.63. The smallest absolute Gasteiger partial charge is 0.103 e. The SMILES string of the molecule is CC(O)C[NH+](C)C.[Cl-]. The van der Waals surface area contributed by atoms with Crippen LogP contribution in [0.25, 0.3) is 0 Å². The first kappa shape index (κ1) is 11.1. The lowest BCUT2D eigenvalue weighted by molar-refractivity contribution is -0.861. The number of aliphatic hydroxyl groups is 1. The molecule has 8 heavy (non-hydrogen) atoms. The van der Waals surface area contributed by atoms with Gasteiger partial charge in [-0.25, -0.2) is 0 Å². The summed E-state index contributed by atoms with van der Waals surface area (Å²) >= 11 is 0. The van der Waals surface area contributed by atoms with Crippen molar-refractivity contribution in [3.05, 3.63) is 0 Å². The molecule has 3 heteroatoms. The van der Waals surface area contributed by atoms with Crippen LogP contribution in [0.5, 0.6) is 0 Å². The van der Waals surface area contributed by atoms with E-state index in [9.17, 15) is 0 Å². The summed E-state index contributed by atoms with van der Waals surface area (Å²) in [6, 6.07) is 0. The molecule has 0 aliphatic carbocycles. The van der Waals surface area contributed by atoms with Gasteiger partial charge in [-0.15, -0.1) is 0 Å². The molecule has 0 rings (SSSR count). The molecule has 0 spiro atoms.